The van der Waals surface area contributed by atoms with Gasteiger partial charge < -0.3 is 16.3 Å². The summed E-state index contributed by atoms with van der Waals surface area (Å²) in [5.41, 5.74) is 7.01. The van der Waals surface area contributed by atoms with Crippen LogP contribution in [0.25, 0.3) is 11.1 Å². The number of pyridine rings is 2. The Morgan fingerprint density at radius 1 is 1.32 bits per heavy atom. The van der Waals surface area contributed by atoms with E-state index in [9.17, 15) is 14.4 Å². The topological polar surface area (TPSA) is 95.0 Å². The SMILES string of the molecule is Cc1c(-c2ccc(NC(=O)[C@@H](N)C(C3CC3)C3CC3)nc2F)cc(Cl)c[n+]1[O-]. The summed E-state index contributed by atoms with van der Waals surface area (Å²) >= 11 is 5.92. The fourth-order valence-electron chi connectivity index (χ4n) is 3.90. The molecule has 0 aromatic carbocycles. The minimum atomic E-state index is -0.794. The van der Waals surface area contributed by atoms with Gasteiger partial charge in [-0.1, -0.05) is 11.6 Å². The van der Waals surface area contributed by atoms with Crippen LogP contribution in [-0.2, 0) is 4.79 Å². The third-order valence-electron chi connectivity index (χ3n) is 5.68. The van der Waals surface area contributed by atoms with Gasteiger partial charge in [-0.3, -0.25) is 4.79 Å². The van der Waals surface area contributed by atoms with Gasteiger partial charge in [0, 0.05) is 12.5 Å². The third-order valence-corrected chi connectivity index (χ3v) is 5.89. The molecule has 2 aromatic rings. The second-order valence-electron chi connectivity index (χ2n) is 7.79. The van der Waals surface area contributed by atoms with Crippen LogP contribution in [0.2, 0.25) is 5.02 Å². The van der Waals surface area contributed by atoms with Crippen molar-refractivity contribution >= 4 is 23.3 Å². The molecule has 1 amide bonds. The highest BCUT2D eigenvalue weighted by atomic mass is 35.5. The van der Waals surface area contributed by atoms with Crippen LogP contribution in [0.15, 0.2) is 24.4 Å². The van der Waals surface area contributed by atoms with Crippen LogP contribution in [0.5, 0.6) is 0 Å². The predicted molar refractivity (Wildman–Crippen MR) is 104 cm³/mol. The molecule has 0 radical (unpaired) electrons. The fourth-order valence-corrected chi connectivity index (χ4v) is 4.10. The van der Waals surface area contributed by atoms with E-state index in [0.29, 0.717) is 27.8 Å². The number of rotatable bonds is 6. The summed E-state index contributed by atoms with van der Waals surface area (Å²) in [6.07, 6.45) is 5.72. The lowest BCUT2D eigenvalue weighted by Crippen LogP contribution is -2.44. The first-order valence-electron chi connectivity index (χ1n) is 9.48. The van der Waals surface area contributed by atoms with E-state index < -0.39 is 12.0 Å². The van der Waals surface area contributed by atoms with E-state index in [1.165, 1.54) is 24.4 Å². The lowest BCUT2D eigenvalue weighted by Gasteiger charge is -2.22. The quantitative estimate of drug-likeness (QED) is 0.439. The third kappa shape index (κ3) is 3.82. The summed E-state index contributed by atoms with van der Waals surface area (Å²) in [7, 11) is 0. The van der Waals surface area contributed by atoms with Crippen molar-refractivity contribution in [2.24, 2.45) is 23.5 Å². The molecular weight excluding hydrogens is 383 g/mol. The average molecular weight is 405 g/mol. The highest BCUT2D eigenvalue weighted by molar-refractivity contribution is 6.30. The van der Waals surface area contributed by atoms with Gasteiger partial charge in [-0.2, -0.15) is 9.12 Å². The van der Waals surface area contributed by atoms with Crippen LogP contribution in [0.4, 0.5) is 10.2 Å². The molecule has 6 nitrogen and oxygen atoms in total. The Bertz CT molecular complexity index is 919. The van der Waals surface area contributed by atoms with Crippen molar-refractivity contribution in [2.75, 3.05) is 5.32 Å². The van der Waals surface area contributed by atoms with Crippen molar-refractivity contribution in [3.05, 3.63) is 46.3 Å². The molecule has 2 heterocycles. The summed E-state index contributed by atoms with van der Waals surface area (Å²) in [6.45, 7) is 1.57. The summed E-state index contributed by atoms with van der Waals surface area (Å²) in [4.78, 5) is 16.4. The van der Waals surface area contributed by atoms with E-state index in [2.05, 4.69) is 10.3 Å². The lowest BCUT2D eigenvalue weighted by molar-refractivity contribution is -0.611. The zero-order valence-electron chi connectivity index (χ0n) is 15.5. The van der Waals surface area contributed by atoms with Crippen LogP contribution in [0, 0.1) is 35.8 Å². The van der Waals surface area contributed by atoms with Gasteiger partial charge in [0.05, 0.1) is 11.6 Å². The summed E-state index contributed by atoms with van der Waals surface area (Å²) in [6, 6.07) is 3.87. The number of amides is 1. The Hall–Kier alpha value is -2.25. The zero-order chi connectivity index (χ0) is 20.0. The smallest absolute Gasteiger partial charge is 0.242 e. The number of hydrogen-bond donors (Lipinski definition) is 2. The summed E-state index contributed by atoms with van der Waals surface area (Å²) < 4.78 is 15.2. The van der Waals surface area contributed by atoms with Crippen molar-refractivity contribution in [2.45, 2.75) is 38.6 Å². The molecule has 2 saturated carbocycles. The van der Waals surface area contributed by atoms with Gasteiger partial charge in [-0.15, -0.1) is 0 Å². The molecular formula is C20H22ClFN4O2. The molecule has 8 heteroatoms. The average Bonchev–Trinajstić information content (AvgIpc) is 3.53. The van der Waals surface area contributed by atoms with E-state index in [0.717, 1.165) is 25.7 Å². The van der Waals surface area contributed by atoms with Gasteiger partial charge in [0.25, 0.3) is 0 Å². The van der Waals surface area contributed by atoms with Gasteiger partial charge >= 0.3 is 0 Å². The Morgan fingerprint density at radius 3 is 2.54 bits per heavy atom. The number of nitrogens with two attached hydrogens (primary N) is 1. The number of nitrogens with one attached hydrogen (secondary N) is 1. The molecule has 2 aliphatic carbocycles. The van der Waals surface area contributed by atoms with Crippen LogP contribution in [-0.4, -0.2) is 16.9 Å². The zero-order valence-corrected chi connectivity index (χ0v) is 16.2. The number of hydrogen-bond acceptors (Lipinski definition) is 4. The second kappa shape index (κ2) is 7.29. The Labute approximate surface area is 167 Å². The van der Waals surface area contributed by atoms with Gasteiger partial charge in [0.2, 0.25) is 11.9 Å². The first kappa shape index (κ1) is 19.1. The van der Waals surface area contributed by atoms with Gasteiger partial charge in [0.15, 0.2) is 11.9 Å². The largest absolute Gasteiger partial charge is 0.618 e. The minimum Gasteiger partial charge on any atom is -0.618 e. The molecule has 148 valence electrons. The molecule has 0 saturated heterocycles. The highest BCUT2D eigenvalue weighted by Crippen LogP contribution is 2.50. The monoisotopic (exact) mass is 404 g/mol. The van der Waals surface area contributed by atoms with E-state index in [1.54, 1.807) is 6.92 Å². The maximum atomic E-state index is 14.6. The normalized spacial score (nSPS) is 17.6. The van der Waals surface area contributed by atoms with E-state index >= 15 is 0 Å². The minimum absolute atomic E-state index is 0.0988. The maximum Gasteiger partial charge on any atom is 0.242 e. The molecule has 28 heavy (non-hydrogen) atoms. The Morgan fingerprint density at radius 2 is 1.96 bits per heavy atom. The Kier molecular flexibility index (Phi) is 4.97. The van der Waals surface area contributed by atoms with E-state index in [1.807, 2.05) is 0 Å². The molecule has 3 N–H and O–H groups in total. The first-order valence-corrected chi connectivity index (χ1v) is 9.85. The lowest BCUT2D eigenvalue weighted by atomic mass is 9.89. The second-order valence-corrected chi connectivity index (χ2v) is 8.22. The van der Waals surface area contributed by atoms with Crippen LogP contribution >= 0.6 is 11.6 Å². The molecule has 2 aliphatic rings. The van der Waals surface area contributed by atoms with Gasteiger partial charge in [0.1, 0.15) is 10.8 Å². The number of carbonyl (C=O) groups excluding carboxylic acids is 1. The number of halogens is 2. The summed E-state index contributed by atoms with van der Waals surface area (Å²) in [5, 5.41) is 14.7. The molecule has 0 spiro atoms. The van der Waals surface area contributed by atoms with Crippen LogP contribution in [0.1, 0.15) is 31.4 Å². The standard InChI is InChI=1S/C20H22ClFN4O2/c1-10-15(8-13(21)9-26(10)28)14-6-7-16(24-19(14)22)25-20(27)18(23)17(11-2-3-11)12-4-5-12/h6-9,11-12,17-18H,2-5,23H2,1H3,(H,24,25,27)/t18-/m0/s1. The van der Waals surface area contributed by atoms with Gasteiger partial charge in [-0.05, 0) is 61.6 Å². The molecule has 4 rings (SSSR count). The first-order chi connectivity index (χ1) is 13.3. The van der Waals surface area contributed by atoms with E-state index in [-0.39, 0.29) is 28.2 Å². The molecule has 0 unspecified atom stereocenters. The van der Waals surface area contributed by atoms with Crippen molar-refractivity contribution < 1.29 is 13.9 Å². The number of anilines is 1. The van der Waals surface area contributed by atoms with Crippen molar-refractivity contribution in [3.63, 3.8) is 0 Å². The molecule has 2 aromatic heterocycles. The molecule has 0 bridgehead atoms. The highest BCUT2D eigenvalue weighted by Gasteiger charge is 2.46. The Balaban J connectivity index is 1.52. The van der Waals surface area contributed by atoms with E-state index in [4.69, 9.17) is 17.3 Å². The molecule has 0 aliphatic heterocycles. The predicted octanol–water partition coefficient (Wildman–Crippen LogP) is 3.18. The molecule has 1 atom stereocenters. The number of aromatic nitrogens is 2. The summed E-state index contributed by atoms with van der Waals surface area (Å²) in [5.74, 6) is 0.236. The van der Waals surface area contributed by atoms with Gasteiger partial charge in [-0.25, -0.2) is 4.98 Å². The molecule has 2 fully saturated rings. The van der Waals surface area contributed by atoms with Crippen molar-refractivity contribution in [1.29, 1.82) is 0 Å². The van der Waals surface area contributed by atoms with Crippen LogP contribution < -0.4 is 15.8 Å². The van der Waals surface area contributed by atoms with Crippen molar-refractivity contribution in [1.82, 2.24) is 4.98 Å². The van der Waals surface area contributed by atoms with Crippen LogP contribution in [0.3, 0.4) is 0 Å². The fraction of sp³-hybridized carbons (Fsp3) is 0.450. The maximum absolute atomic E-state index is 14.6. The number of carbonyl (C=O) groups is 1. The number of nitrogens with zero attached hydrogens (tertiary/aromatic N) is 2. The van der Waals surface area contributed by atoms with Crippen molar-refractivity contribution in [3.8, 4) is 11.1 Å².